The molecule has 0 N–H and O–H groups in total. The maximum absolute atomic E-state index is 12.9. The van der Waals surface area contributed by atoms with Crippen LogP contribution in [0.3, 0.4) is 0 Å². The number of ether oxygens (including phenoxy) is 2. The lowest BCUT2D eigenvalue weighted by molar-refractivity contribution is -0.149. The lowest BCUT2D eigenvalue weighted by atomic mass is 9.97. The number of nitrogens with zero attached hydrogens (tertiary/aromatic N) is 3. The zero-order valence-electron chi connectivity index (χ0n) is 14.7. The van der Waals surface area contributed by atoms with E-state index in [2.05, 4.69) is 15.0 Å². The van der Waals surface area contributed by atoms with Crippen molar-refractivity contribution < 1.29 is 23.2 Å². The van der Waals surface area contributed by atoms with Gasteiger partial charge < -0.3 is 14.0 Å². The summed E-state index contributed by atoms with van der Waals surface area (Å²) in [6, 6.07) is 5.75. The Balaban J connectivity index is 1.44. The minimum Gasteiger partial charge on any atom is -0.485 e. The molecule has 1 aromatic carbocycles. The van der Waals surface area contributed by atoms with Crippen molar-refractivity contribution in [2.75, 3.05) is 19.7 Å². The summed E-state index contributed by atoms with van der Waals surface area (Å²) in [4.78, 5) is 18.2. The van der Waals surface area contributed by atoms with E-state index in [0.29, 0.717) is 30.6 Å². The number of halogens is 1. The fourth-order valence-corrected chi connectivity index (χ4v) is 2.87. The van der Waals surface area contributed by atoms with Crippen LogP contribution in [0, 0.1) is 11.7 Å². The standard InChI is InChI=1S/C18H22FN3O4/c1-2-24-18(23)13-7-9-22(10-8-13)11-17-20-16(21-26-17)12-25-15-5-3-14(19)4-6-15/h3-6,13H,2,7-12H2,1H3. The van der Waals surface area contributed by atoms with Crippen LogP contribution in [0.15, 0.2) is 28.8 Å². The number of likely N-dealkylation sites (tertiary alicyclic amines) is 1. The highest BCUT2D eigenvalue weighted by Gasteiger charge is 2.26. The van der Waals surface area contributed by atoms with Gasteiger partial charge in [-0.05, 0) is 57.1 Å². The number of esters is 1. The lowest BCUT2D eigenvalue weighted by Gasteiger charge is -2.29. The second-order valence-corrected chi connectivity index (χ2v) is 6.15. The topological polar surface area (TPSA) is 77.7 Å². The van der Waals surface area contributed by atoms with E-state index in [9.17, 15) is 9.18 Å². The summed E-state index contributed by atoms with van der Waals surface area (Å²) in [6.45, 7) is 4.50. The molecular weight excluding hydrogens is 341 g/mol. The molecule has 0 spiro atoms. The van der Waals surface area contributed by atoms with Gasteiger partial charge in [-0.2, -0.15) is 4.98 Å². The van der Waals surface area contributed by atoms with Gasteiger partial charge in [-0.15, -0.1) is 0 Å². The van der Waals surface area contributed by atoms with Crippen LogP contribution in [0.4, 0.5) is 4.39 Å². The lowest BCUT2D eigenvalue weighted by Crippen LogP contribution is -2.36. The summed E-state index contributed by atoms with van der Waals surface area (Å²) in [6.07, 6.45) is 1.54. The molecule has 1 fully saturated rings. The molecule has 0 amide bonds. The van der Waals surface area contributed by atoms with Gasteiger partial charge in [0.2, 0.25) is 11.7 Å². The maximum atomic E-state index is 12.9. The van der Waals surface area contributed by atoms with Gasteiger partial charge in [-0.1, -0.05) is 5.16 Å². The number of hydrogen-bond donors (Lipinski definition) is 0. The number of piperidine rings is 1. The molecule has 1 saturated heterocycles. The molecule has 0 bridgehead atoms. The minimum atomic E-state index is -0.314. The zero-order chi connectivity index (χ0) is 18.4. The van der Waals surface area contributed by atoms with Gasteiger partial charge >= 0.3 is 5.97 Å². The van der Waals surface area contributed by atoms with Crippen molar-refractivity contribution >= 4 is 5.97 Å². The number of benzene rings is 1. The fraction of sp³-hybridized carbons (Fsp3) is 0.500. The third-order valence-electron chi connectivity index (χ3n) is 4.26. The molecule has 0 atom stereocenters. The Labute approximate surface area is 151 Å². The molecule has 2 heterocycles. The van der Waals surface area contributed by atoms with E-state index in [-0.39, 0.29) is 24.3 Å². The fourth-order valence-electron chi connectivity index (χ4n) is 2.87. The Morgan fingerprint density at radius 3 is 2.73 bits per heavy atom. The average molecular weight is 363 g/mol. The van der Waals surface area contributed by atoms with E-state index < -0.39 is 0 Å². The van der Waals surface area contributed by atoms with Crippen LogP contribution in [0.1, 0.15) is 31.5 Å². The molecule has 1 aromatic heterocycles. The molecule has 8 heteroatoms. The largest absolute Gasteiger partial charge is 0.485 e. The molecule has 3 rings (SSSR count). The van der Waals surface area contributed by atoms with Crippen molar-refractivity contribution in [1.82, 2.24) is 15.0 Å². The summed E-state index contributed by atoms with van der Waals surface area (Å²) in [5.41, 5.74) is 0. The molecule has 2 aromatic rings. The van der Waals surface area contributed by atoms with Crippen LogP contribution in [0.25, 0.3) is 0 Å². The number of carbonyl (C=O) groups is 1. The molecule has 0 saturated carbocycles. The SMILES string of the molecule is CCOC(=O)C1CCN(Cc2nc(COc3ccc(F)cc3)no2)CC1. The third-order valence-corrected chi connectivity index (χ3v) is 4.26. The second-order valence-electron chi connectivity index (χ2n) is 6.15. The van der Waals surface area contributed by atoms with Gasteiger partial charge in [0.15, 0.2) is 6.61 Å². The second kappa shape index (κ2) is 8.75. The Bertz CT molecular complexity index is 711. The number of carbonyl (C=O) groups excluding carboxylic acids is 1. The molecule has 0 aliphatic carbocycles. The number of rotatable bonds is 7. The Morgan fingerprint density at radius 2 is 2.04 bits per heavy atom. The van der Waals surface area contributed by atoms with Crippen molar-refractivity contribution in [3.05, 3.63) is 41.8 Å². The summed E-state index contributed by atoms with van der Waals surface area (Å²) < 4.78 is 28.7. The first-order chi connectivity index (χ1) is 12.6. The highest BCUT2D eigenvalue weighted by Crippen LogP contribution is 2.20. The van der Waals surface area contributed by atoms with Crippen molar-refractivity contribution in [3.63, 3.8) is 0 Å². The quantitative estimate of drug-likeness (QED) is 0.700. The highest BCUT2D eigenvalue weighted by molar-refractivity contribution is 5.72. The van der Waals surface area contributed by atoms with Crippen molar-refractivity contribution in [2.24, 2.45) is 5.92 Å². The predicted octanol–water partition coefficient (Wildman–Crippen LogP) is 2.56. The summed E-state index contributed by atoms with van der Waals surface area (Å²) in [7, 11) is 0. The number of aromatic nitrogens is 2. The minimum absolute atomic E-state index is 0.0199. The van der Waals surface area contributed by atoms with Gasteiger partial charge in [0.25, 0.3) is 0 Å². The van der Waals surface area contributed by atoms with E-state index in [1.165, 1.54) is 12.1 Å². The Morgan fingerprint density at radius 1 is 1.31 bits per heavy atom. The molecule has 140 valence electrons. The maximum Gasteiger partial charge on any atom is 0.309 e. The van der Waals surface area contributed by atoms with Gasteiger partial charge in [0.05, 0.1) is 19.1 Å². The van der Waals surface area contributed by atoms with Gasteiger partial charge in [-0.3, -0.25) is 9.69 Å². The average Bonchev–Trinajstić information content (AvgIpc) is 3.09. The molecular formula is C18H22FN3O4. The van der Waals surface area contributed by atoms with Crippen molar-refractivity contribution in [3.8, 4) is 5.75 Å². The number of hydrogen-bond acceptors (Lipinski definition) is 7. The van der Waals surface area contributed by atoms with Crippen LogP contribution in [-0.2, 0) is 22.7 Å². The van der Waals surface area contributed by atoms with Crippen LogP contribution >= 0.6 is 0 Å². The summed E-state index contributed by atoms with van der Waals surface area (Å²) in [5, 5.41) is 3.90. The van der Waals surface area contributed by atoms with Crippen LogP contribution in [-0.4, -0.2) is 40.7 Å². The molecule has 1 aliphatic rings. The first-order valence-electron chi connectivity index (χ1n) is 8.73. The summed E-state index contributed by atoms with van der Waals surface area (Å²) in [5.74, 6) is 1.05. The van der Waals surface area contributed by atoms with E-state index in [1.807, 2.05) is 6.92 Å². The van der Waals surface area contributed by atoms with Crippen LogP contribution in [0.2, 0.25) is 0 Å². The zero-order valence-corrected chi connectivity index (χ0v) is 14.7. The summed E-state index contributed by atoms with van der Waals surface area (Å²) >= 11 is 0. The Hall–Kier alpha value is -2.48. The predicted molar refractivity (Wildman–Crippen MR) is 89.7 cm³/mol. The first kappa shape index (κ1) is 18.3. The molecule has 0 unspecified atom stereocenters. The van der Waals surface area contributed by atoms with Gasteiger partial charge in [-0.25, -0.2) is 4.39 Å². The molecule has 7 nitrogen and oxygen atoms in total. The first-order valence-corrected chi connectivity index (χ1v) is 8.73. The van der Waals surface area contributed by atoms with Crippen molar-refractivity contribution in [1.29, 1.82) is 0 Å². The van der Waals surface area contributed by atoms with Gasteiger partial charge in [0.1, 0.15) is 11.6 Å². The smallest absolute Gasteiger partial charge is 0.309 e. The van der Waals surface area contributed by atoms with Crippen molar-refractivity contribution in [2.45, 2.75) is 32.9 Å². The van der Waals surface area contributed by atoms with Gasteiger partial charge in [0, 0.05) is 0 Å². The molecule has 1 aliphatic heterocycles. The Kier molecular flexibility index (Phi) is 6.17. The van der Waals surface area contributed by atoms with Crippen LogP contribution < -0.4 is 4.74 Å². The molecule has 26 heavy (non-hydrogen) atoms. The molecule has 0 radical (unpaired) electrons. The normalized spacial score (nSPS) is 15.8. The van der Waals surface area contributed by atoms with E-state index in [4.69, 9.17) is 14.0 Å². The monoisotopic (exact) mass is 363 g/mol. The van der Waals surface area contributed by atoms with E-state index in [1.54, 1.807) is 12.1 Å². The van der Waals surface area contributed by atoms with E-state index in [0.717, 1.165) is 25.9 Å². The third kappa shape index (κ3) is 5.01. The van der Waals surface area contributed by atoms with E-state index >= 15 is 0 Å². The highest BCUT2D eigenvalue weighted by atomic mass is 19.1. The van der Waals surface area contributed by atoms with Crippen LogP contribution in [0.5, 0.6) is 5.75 Å².